The number of aryl methyl sites for hydroxylation is 1. The number of nitrogens with one attached hydrogen (secondary N) is 1. The van der Waals surface area contributed by atoms with Gasteiger partial charge in [0.2, 0.25) is 0 Å². The van der Waals surface area contributed by atoms with Gasteiger partial charge in [0, 0.05) is 24.1 Å². The van der Waals surface area contributed by atoms with E-state index in [9.17, 15) is 14.9 Å². The number of benzene rings is 2. The number of halogens is 1. The maximum Gasteiger partial charge on any atom is 0.270 e. The van der Waals surface area contributed by atoms with Crippen LogP contribution in [0, 0.1) is 17.0 Å². The zero-order chi connectivity index (χ0) is 17.3. The van der Waals surface area contributed by atoms with E-state index in [-0.39, 0.29) is 22.3 Å². The second-order valence-electron chi connectivity index (χ2n) is 5.63. The molecule has 1 aliphatic heterocycles. The standard InChI is InChI=1S/C17H15ClN2O4/c1-10-2-5-16-13(8-10)15(6-7-24-16)19-17(21)12-9-11(20(22)23)3-4-14(12)18/h2-5,8-9,15H,6-7H2,1H3,(H,19,21). The Morgan fingerprint density at radius 1 is 1.33 bits per heavy atom. The first kappa shape index (κ1) is 16.3. The molecule has 0 bridgehead atoms. The molecule has 1 unspecified atom stereocenters. The number of hydrogen-bond acceptors (Lipinski definition) is 4. The predicted molar refractivity (Wildman–Crippen MR) is 89.6 cm³/mol. The van der Waals surface area contributed by atoms with Crippen molar-refractivity contribution < 1.29 is 14.5 Å². The lowest BCUT2D eigenvalue weighted by atomic mass is 9.98. The molecule has 2 aromatic rings. The Balaban J connectivity index is 1.88. The van der Waals surface area contributed by atoms with Crippen LogP contribution in [-0.4, -0.2) is 17.4 Å². The van der Waals surface area contributed by atoms with Gasteiger partial charge < -0.3 is 10.1 Å². The number of amides is 1. The number of non-ortho nitro benzene ring substituents is 1. The minimum atomic E-state index is -0.555. The number of nitro groups is 1. The molecule has 1 aliphatic rings. The molecule has 0 fully saturated rings. The third-order valence-corrected chi connectivity index (χ3v) is 4.25. The number of ether oxygens (including phenoxy) is 1. The summed E-state index contributed by atoms with van der Waals surface area (Å²) in [6.45, 7) is 2.45. The Morgan fingerprint density at radius 2 is 2.12 bits per heavy atom. The van der Waals surface area contributed by atoms with Crippen LogP contribution in [0.25, 0.3) is 0 Å². The van der Waals surface area contributed by atoms with Gasteiger partial charge in [-0.25, -0.2) is 0 Å². The Kier molecular flexibility index (Phi) is 4.40. The summed E-state index contributed by atoms with van der Waals surface area (Å²) in [5.41, 5.74) is 1.88. The fourth-order valence-corrected chi connectivity index (χ4v) is 2.90. The topological polar surface area (TPSA) is 81.5 Å². The monoisotopic (exact) mass is 346 g/mol. The van der Waals surface area contributed by atoms with E-state index >= 15 is 0 Å². The van der Waals surface area contributed by atoms with Gasteiger partial charge >= 0.3 is 0 Å². The SMILES string of the molecule is Cc1ccc2c(c1)C(NC(=O)c1cc([N+](=O)[O-])ccc1Cl)CCO2. The molecule has 3 rings (SSSR count). The molecule has 0 radical (unpaired) electrons. The molecule has 24 heavy (non-hydrogen) atoms. The van der Waals surface area contributed by atoms with Crippen LogP contribution in [0.4, 0.5) is 5.69 Å². The Bertz CT molecular complexity index is 822. The maximum absolute atomic E-state index is 12.5. The molecule has 1 atom stereocenters. The first-order chi connectivity index (χ1) is 11.5. The van der Waals surface area contributed by atoms with Crippen LogP contribution in [0.3, 0.4) is 0 Å². The van der Waals surface area contributed by atoms with Crippen molar-refractivity contribution in [2.45, 2.75) is 19.4 Å². The molecular weight excluding hydrogens is 332 g/mol. The minimum Gasteiger partial charge on any atom is -0.493 e. The van der Waals surface area contributed by atoms with E-state index in [4.69, 9.17) is 16.3 Å². The highest BCUT2D eigenvalue weighted by molar-refractivity contribution is 6.34. The smallest absolute Gasteiger partial charge is 0.270 e. The highest BCUT2D eigenvalue weighted by Crippen LogP contribution is 2.33. The van der Waals surface area contributed by atoms with E-state index in [0.29, 0.717) is 13.0 Å². The van der Waals surface area contributed by atoms with E-state index in [1.165, 1.54) is 18.2 Å². The molecule has 124 valence electrons. The molecule has 0 spiro atoms. The normalized spacial score (nSPS) is 16.0. The third kappa shape index (κ3) is 3.19. The largest absolute Gasteiger partial charge is 0.493 e. The van der Waals surface area contributed by atoms with E-state index in [1.807, 2.05) is 25.1 Å². The molecule has 1 heterocycles. The number of rotatable bonds is 3. The zero-order valence-corrected chi connectivity index (χ0v) is 13.7. The van der Waals surface area contributed by atoms with Gasteiger partial charge in [-0.05, 0) is 19.1 Å². The van der Waals surface area contributed by atoms with Gasteiger partial charge in [0.1, 0.15) is 5.75 Å². The van der Waals surface area contributed by atoms with Gasteiger partial charge in [-0.1, -0.05) is 29.3 Å². The fraction of sp³-hybridized carbons (Fsp3) is 0.235. The van der Waals surface area contributed by atoms with Crippen LogP contribution < -0.4 is 10.1 Å². The van der Waals surface area contributed by atoms with E-state index in [1.54, 1.807) is 0 Å². The number of fused-ring (bicyclic) bond motifs is 1. The summed E-state index contributed by atoms with van der Waals surface area (Å²) < 4.78 is 5.60. The molecule has 7 heteroatoms. The number of nitro benzene ring substituents is 1. The highest BCUT2D eigenvalue weighted by atomic mass is 35.5. The lowest BCUT2D eigenvalue weighted by molar-refractivity contribution is -0.384. The summed E-state index contributed by atoms with van der Waals surface area (Å²) in [5.74, 6) is 0.297. The molecule has 0 aliphatic carbocycles. The predicted octanol–water partition coefficient (Wildman–Crippen LogP) is 3.81. The van der Waals surface area contributed by atoms with E-state index < -0.39 is 10.8 Å². The first-order valence-corrected chi connectivity index (χ1v) is 7.81. The molecule has 1 N–H and O–H groups in total. The van der Waals surface area contributed by atoms with Gasteiger partial charge in [0.15, 0.2) is 0 Å². The van der Waals surface area contributed by atoms with Crippen molar-refractivity contribution >= 4 is 23.2 Å². The number of carbonyl (C=O) groups excluding carboxylic acids is 1. The summed E-state index contributed by atoms with van der Waals surface area (Å²) >= 11 is 6.03. The van der Waals surface area contributed by atoms with Crippen molar-refractivity contribution in [3.05, 3.63) is 68.2 Å². The van der Waals surface area contributed by atoms with Crippen LogP contribution in [0.1, 0.15) is 33.9 Å². The Hall–Kier alpha value is -2.60. The van der Waals surface area contributed by atoms with Crippen molar-refractivity contribution in [3.8, 4) is 5.75 Å². The highest BCUT2D eigenvalue weighted by Gasteiger charge is 2.25. The quantitative estimate of drug-likeness (QED) is 0.676. The van der Waals surface area contributed by atoms with Crippen LogP contribution in [0.5, 0.6) is 5.75 Å². The first-order valence-electron chi connectivity index (χ1n) is 7.44. The number of carbonyl (C=O) groups is 1. The lowest BCUT2D eigenvalue weighted by Gasteiger charge is -2.27. The van der Waals surface area contributed by atoms with E-state index in [2.05, 4.69) is 5.32 Å². The van der Waals surface area contributed by atoms with Crippen molar-refractivity contribution in [2.24, 2.45) is 0 Å². The summed E-state index contributed by atoms with van der Waals surface area (Å²) in [7, 11) is 0. The van der Waals surface area contributed by atoms with Gasteiger partial charge in [-0.2, -0.15) is 0 Å². The number of hydrogen-bond donors (Lipinski definition) is 1. The molecule has 0 saturated heterocycles. The average Bonchev–Trinajstić information content (AvgIpc) is 2.55. The summed E-state index contributed by atoms with van der Waals surface area (Å²) in [6.07, 6.45) is 0.620. The second-order valence-corrected chi connectivity index (χ2v) is 6.03. The van der Waals surface area contributed by atoms with Gasteiger partial charge in [-0.15, -0.1) is 0 Å². The molecule has 6 nitrogen and oxygen atoms in total. The van der Waals surface area contributed by atoms with Crippen molar-refractivity contribution in [2.75, 3.05) is 6.61 Å². The fourth-order valence-electron chi connectivity index (χ4n) is 2.70. The summed E-state index contributed by atoms with van der Waals surface area (Å²) in [5, 5.41) is 14.0. The second kappa shape index (κ2) is 6.49. The summed E-state index contributed by atoms with van der Waals surface area (Å²) in [6, 6.07) is 9.38. The van der Waals surface area contributed by atoms with Crippen LogP contribution in [0.15, 0.2) is 36.4 Å². The number of nitrogens with zero attached hydrogens (tertiary/aromatic N) is 1. The van der Waals surface area contributed by atoms with Crippen LogP contribution in [-0.2, 0) is 0 Å². The van der Waals surface area contributed by atoms with Gasteiger partial charge in [0.25, 0.3) is 11.6 Å². The van der Waals surface area contributed by atoms with Crippen molar-refractivity contribution in [1.82, 2.24) is 5.32 Å². The van der Waals surface area contributed by atoms with Crippen molar-refractivity contribution in [3.63, 3.8) is 0 Å². The molecule has 0 saturated carbocycles. The molecule has 2 aromatic carbocycles. The van der Waals surface area contributed by atoms with Crippen LogP contribution in [0.2, 0.25) is 5.02 Å². The minimum absolute atomic E-state index is 0.0894. The molecular formula is C17H15ClN2O4. The molecule has 0 aromatic heterocycles. The molecule has 1 amide bonds. The van der Waals surface area contributed by atoms with E-state index in [0.717, 1.165) is 16.9 Å². The zero-order valence-electron chi connectivity index (χ0n) is 12.9. The van der Waals surface area contributed by atoms with Crippen LogP contribution >= 0.6 is 11.6 Å². The third-order valence-electron chi connectivity index (χ3n) is 3.92. The summed E-state index contributed by atoms with van der Waals surface area (Å²) in [4.78, 5) is 22.9. The Morgan fingerprint density at radius 3 is 2.88 bits per heavy atom. The van der Waals surface area contributed by atoms with Gasteiger partial charge in [0.05, 0.1) is 28.2 Å². The van der Waals surface area contributed by atoms with Gasteiger partial charge in [-0.3, -0.25) is 14.9 Å². The van der Waals surface area contributed by atoms with Crippen molar-refractivity contribution in [1.29, 1.82) is 0 Å². The maximum atomic E-state index is 12.5. The Labute approximate surface area is 143 Å². The lowest BCUT2D eigenvalue weighted by Crippen LogP contribution is -2.32. The average molecular weight is 347 g/mol.